The Bertz CT molecular complexity index is 530. The Morgan fingerprint density at radius 3 is 3.19 bits per heavy atom. The molecule has 1 aliphatic heterocycles. The summed E-state index contributed by atoms with van der Waals surface area (Å²) < 4.78 is 5.84. The molecule has 1 atom stereocenters. The van der Waals surface area contributed by atoms with E-state index in [4.69, 9.17) is 4.42 Å². The van der Waals surface area contributed by atoms with Gasteiger partial charge in [-0.3, -0.25) is 0 Å². The van der Waals surface area contributed by atoms with E-state index in [2.05, 4.69) is 12.2 Å². The molecule has 2 N–H and O–H groups in total. The molecule has 16 heavy (non-hydrogen) atoms. The minimum Gasteiger partial charge on any atom is -0.508 e. The average molecular weight is 217 g/mol. The molecule has 0 saturated carbocycles. The number of aryl methyl sites for hydroxylation is 1. The zero-order valence-corrected chi connectivity index (χ0v) is 9.29. The van der Waals surface area contributed by atoms with Gasteiger partial charge in [0.05, 0.1) is 0 Å². The third kappa shape index (κ3) is 1.39. The van der Waals surface area contributed by atoms with Crippen LogP contribution in [0.4, 0.5) is 0 Å². The largest absolute Gasteiger partial charge is 0.508 e. The molecule has 1 aromatic carbocycles. The number of nitrogens with one attached hydrogen (secondary N) is 1. The van der Waals surface area contributed by atoms with Crippen molar-refractivity contribution in [3.05, 3.63) is 29.5 Å². The summed E-state index contributed by atoms with van der Waals surface area (Å²) in [7, 11) is 0. The van der Waals surface area contributed by atoms with Crippen molar-refractivity contribution in [2.45, 2.75) is 25.8 Å². The molecule has 0 fully saturated rings. The highest BCUT2D eigenvalue weighted by Gasteiger charge is 2.21. The number of phenolic OH excluding ortho intramolecular Hbond substituents is 1. The van der Waals surface area contributed by atoms with E-state index in [0.29, 0.717) is 11.8 Å². The van der Waals surface area contributed by atoms with E-state index >= 15 is 0 Å². The lowest BCUT2D eigenvalue weighted by atomic mass is 10.0. The number of aromatic hydroxyl groups is 1. The topological polar surface area (TPSA) is 45.4 Å². The number of furan rings is 1. The highest BCUT2D eigenvalue weighted by atomic mass is 16.3. The molecule has 0 radical (unpaired) electrons. The van der Waals surface area contributed by atoms with Crippen molar-refractivity contribution in [1.82, 2.24) is 5.32 Å². The average Bonchev–Trinajstić information content (AvgIpc) is 2.51. The van der Waals surface area contributed by atoms with Crippen LogP contribution in [0, 0.1) is 0 Å². The predicted molar refractivity (Wildman–Crippen MR) is 62.6 cm³/mol. The molecular weight excluding hydrogens is 202 g/mol. The first-order chi connectivity index (χ1) is 7.75. The van der Waals surface area contributed by atoms with Crippen LogP contribution in [-0.4, -0.2) is 11.7 Å². The Morgan fingerprint density at radius 2 is 2.31 bits per heavy atom. The summed E-state index contributed by atoms with van der Waals surface area (Å²) in [5, 5.41) is 14.0. The third-order valence-corrected chi connectivity index (χ3v) is 3.25. The molecule has 3 heteroatoms. The summed E-state index contributed by atoms with van der Waals surface area (Å²) in [4.78, 5) is 0. The molecule has 84 valence electrons. The molecule has 0 aliphatic carbocycles. The van der Waals surface area contributed by atoms with Gasteiger partial charge in [0.15, 0.2) is 0 Å². The van der Waals surface area contributed by atoms with E-state index in [0.717, 1.165) is 36.1 Å². The SMILES string of the molecule is CC1NCCCc2oc3ccc(O)cc3c21. The number of rotatable bonds is 0. The van der Waals surface area contributed by atoms with Gasteiger partial charge in [0, 0.05) is 23.4 Å². The maximum atomic E-state index is 9.54. The first-order valence-electron chi connectivity index (χ1n) is 5.73. The number of phenols is 1. The number of hydrogen-bond acceptors (Lipinski definition) is 3. The van der Waals surface area contributed by atoms with Crippen LogP contribution < -0.4 is 5.32 Å². The van der Waals surface area contributed by atoms with E-state index in [9.17, 15) is 5.11 Å². The van der Waals surface area contributed by atoms with Gasteiger partial charge >= 0.3 is 0 Å². The molecule has 2 heterocycles. The van der Waals surface area contributed by atoms with E-state index < -0.39 is 0 Å². The number of benzene rings is 1. The first-order valence-corrected chi connectivity index (χ1v) is 5.73. The maximum absolute atomic E-state index is 9.54. The monoisotopic (exact) mass is 217 g/mol. The van der Waals surface area contributed by atoms with Crippen molar-refractivity contribution >= 4 is 11.0 Å². The lowest BCUT2D eigenvalue weighted by molar-refractivity contribution is 0.475. The van der Waals surface area contributed by atoms with Crippen molar-refractivity contribution < 1.29 is 9.52 Å². The smallest absolute Gasteiger partial charge is 0.134 e. The van der Waals surface area contributed by atoms with Crippen molar-refractivity contribution in [1.29, 1.82) is 0 Å². The van der Waals surface area contributed by atoms with Gasteiger partial charge in [-0.25, -0.2) is 0 Å². The van der Waals surface area contributed by atoms with Crippen molar-refractivity contribution in [2.75, 3.05) is 6.54 Å². The summed E-state index contributed by atoms with van der Waals surface area (Å²) >= 11 is 0. The fraction of sp³-hybridized carbons (Fsp3) is 0.385. The molecule has 2 aromatic rings. The van der Waals surface area contributed by atoms with Crippen LogP contribution in [-0.2, 0) is 6.42 Å². The number of hydrogen-bond donors (Lipinski definition) is 2. The maximum Gasteiger partial charge on any atom is 0.134 e. The summed E-state index contributed by atoms with van der Waals surface area (Å²) in [6.07, 6.45) is 2.07. The molecule has 1 aliphatic rings. The molecule has 1 unspecified atom stereocenters. The van der Waals surface area contributed by atoms with Gasteiger partial charge in [-0.1, -0.05) is 0 Å². The predicted octanol–water partition coefficient (Wildman–Crippen LogP) is 2.74. The lowest BCUT2D eigenvalue weighted by Gasteiger charge is -2.09. The quantitative estimate of drug-likeness (QED) is 0.713. The van der Waals surface area contributed by atoms with Crippen molar-refractivity contribution in [3.63, 3.8) is 0 Å². The highest BCUT2D eigenvalue weighted by molar-refractivity contribution is 5.84. The second-order valence-corrected chi connectivity index (χ2v) is 4.40. The van der Waals surface area contributed by atoms with Crippen LogP contribution in [0.2, 0.25) is 0 Å². The van der Waals surface area contributed by atoms with Crippen molar-refractivity contribution in [2.24, 2.45) is 0 Å². The zero-order valence-electron chi connectivity index (χ0n) is 9.29. The molecule has 1 aromatic heterocycles. The number of fused-ring (bicyclic) bond motifs is 3. The molecule has 3 rings (SSSR count). The fourth-order valence-corrected chi connectivity index (χ4v) is 2.49. The van der Waals surface area contributed by atoms with Crippen LogP contribution in [0.3, 0.4) is 0 Å². The third-order valence-electron chi connectivity index (χ3n) is 3.25. The van der Waals surface area contributed by atoms with Crippen LogP contribution in [0.1, 0.15) is 30.7 Å². The first kappa shape index (κ1) is 9.73. The Hall–Kier alpha value is -1.48. The molecule has 0 amide bonds. The summed E-state index contributed by atoms with van der Waals surface area (Å²) in [6, 6.07) is 5.59. The van der Waals surface area contributed by atoms with Gasteiger partial charge in [0.1, 0.15) is 17.1 Å². The second kappa shape index (κ2) is 3.52. The minimum absolute atomic E-state index is 0.292. The van der Waals surface area contributed by atoms with E-state index in [-0.39, 0.29) is 0 Å². The highest BCUT2D eigenvalue weighted by Crippen LogP contribution is 2.34. The molecule has 3 nitrogen and oxygen atoms in total. The van der Waals surface area contributed by atoms with Gasteiger partial charge < -0.3 is 14.8 Å². The second-order valence-electron chi connectivity index (χ2n) is 4.40. The molecular formula is C13H15NO2. The van der Waals surface area contributed by atoms with Crippen molar-refractivity contribution in [3.8, 4) is 5.75 Å². The summed E-state index contributed by atoms with van der Waals surface area (Å²) in [5.41, 5.74) is 2.08. The van der Waals surface area contributed by atoms with Crippen LogP contribution >= 0.6 is 0 Å². The zero-order chi connectivity index (χ0) is 11.1. The minimum atomic E-state index is 0.292. The fourth-order valence-electron chi connectivity index (χ4n) is 2.49. The van der Waals surface area contributed by atoms with Crippen LogP contribution in [0.25, 0.3) is 11.0 Å². The van der Waals surface area contributed by atoms with Gasteiger partial charge in [-0.2, -0.15) is 0 Å². The Morgan fingerprint density at radius 1 is 1.44 bits per heavy atom. The van der Waals surface area contributed by atoms with Gasteiger partial charge in [0.25, 0.3) is 0 Å². The van der Waals surface area contributed by atoms with Gasteiger partial charge in [-0.15, -0.1) is 0 Å². The van der Waals surface area contributed by atoms with Gasteiger partial charge in [0.2, 0.25) is 0 Å². The Kier molecular flexibility index (Phi) is 2.14. The Labute approximate surface area is 94.1 Å². The lowest BCUT2D eigenvalue weighted by Crippen LogP contribution is -2.17. The van der Waals surface area contributed by atoms with E-state index in [1.807, 2.05) is 6.07 Å². The molecule has 0 bridgehead atoms. The van der Waals surface area contributed by atoms with Gasteiger partial charge in [-0.05, 0) is 38.1 Å². The van der Waals surface area contributed by atoms with Crippen LogP contribution in [0.15, 0.2) is 22.6 Å². The standard InChI is InChI=1S/C13H15NO2/c1-8-13-10-7-9(15)4-5-11(10)16-12(13)3-2-6-14-8/h4-5,7-8,14-15H,2-3,6H2,1H3. The Balaban J connectivity index is 2.28. The van der Waals surface area contributed by atoms with E-state index in [1.165, 1.54) is 5.56 Å². The van der Waals surface area contributed by atoms with Crippen LogP contribution in [0.5, 0.6) is 5.75 Å². The normalized spacial score (nSPS) is 20.7. The molecule has 0 saturated heterocycles. The summed E-state index contributed by atoms with van der Waals surface area (Å²) in [6.45, 7) is 3.16. The van der Waals surface area contributed by atoms with E-state index in [1.54, 1.807) is 12.1 Å². The molecule has 0 spiro atoms. The summed E-state index contributed by atoms with van der Waals surface area (Å²) in [5.74, 6) is 1.37.